The molecule has 3 heterocycles. The van der Waals surface area contributed by atoms with Crippen LogP contribution in [0, 0.1) is 18.3 Å². The third kappa shape index (κ3) is 4.20. The summed E-state index contributed by atoms with van der Waals surface area (Å²) < 4.78 is 6.21. The van der Waals surface area contributed by atoms with Gasteiger partial charge in [-0.2, -0.15) is 0 Å². The van der Waals surface area contributed by atoms with E-state index in [1.54, 1.807) is 12.1 Å². The van der Waals surface area contributed by atoms with Crippen LogP contribution in [0.25, 0.3) is 0 Å². The van der Waals surface area contributed by atoms with Crippen LogP contribution in [-0.2, 0) is 4.74 Å². The number of amides is 1. The molecular formula is C23H34N2O3. The first kappa shape index (κ1) is 19.7. The molecule has 1 amide bonds. The second-order valence-corrected chi connectivity index (χ2v) is 9.46. The number of ether oxygens (including phenoxy) is 1. The van der Waals surface area contributed by atoms with E-state index >= 15 is 0 Å². The molecule has 0 saturated carbocycles. The van der Waals surface area contributed by atoms with Gasteiger partial charge in [0.05, 0.1) is 18.3 Å². The summed E-state index contributed by atoms with van der Waals surface area (Å²) in [6.45, 7) is 10.1. The van der Waals surface area contributed by atoms with Gasteiger partial charge in [0.2, 0.25) is 0 Å². The number of carbonyl (C=O) groups excluding carboxylic acids is 1. The lowest BCUT2D eigenvalue weighted by molar-refractivity contribution is 0.0401. The molecule has 4 rings (SSSR count). The van der Waals surface area contributed by atoms with Gasteiger partial charge < -0.3 is 19.6 Å². The zero-order valence-corrected chi connectivity index (χ0v) is 17.3. The summed E-state index contributed by atoms with van der Waals surface area (Å²) in [4.78, 5) is 17.3. The van der Waals surface area contributed by atoms with Crippen molar-refractivity contribution in [2.45, 2.75) is 52.1 Å². The fourth-order valence-corrected chi connectivity index (χ4v) is 5.28. The largest absolute Gasteiger partial charge is 0.507 e. The Hall–Kier alpha value is -1.59. The van der Waals surface area contributed by atoms with E-state index in [9.17, 15) is 9.90 Å². The van der Waals surface area contributed by atoms with E-state index < -0.39 is 0 Å². The van der Waals surface area contributed by atoms with Crippen molar-refractivity contribution in [1.29, 1.82) is 0 Å². The number of benzene rings is 1. The number of hydrogen-bond acceptors (Lipinski definition) is 4. The fraction of sp³-hybridized carbons (Fsp3) is 0.696. The van der Waals surface area contributed by atoms with Gasteiger partial charge in [0.1, 0.15) is 5.75 Å². The maximum atomic E-state index is 12.9. The van der Waals surface area contributed by atoms with Gasteiger partial charge in [0.15, 0.2) is 0 Å². The average Bonchev–Trinajstić information content (AvgIpc) is 3.06. The minimum absolute atomic E-state index is 0.0474. The van der Waals surface area contributed by atoms with Crippen molar-refractivity contribution in [3.05, 3.63) is 29.3 Å². The molecule has 0 aromatic heterocycles. The molecule has 1 N–H and O–H groups in total. The SMILES string of the molecule is Cc1ccc(O)c(C(=O)N2CCC3(CC2)CO[C@@H](CN2CCC[C@H](C)C2)C3)c1. The number of rotatable bonds is 3. The van der Waals surface area contributed by atoms with Crippen molar-refractivity contribution in [3.63, 3.8) is 0 Å². The van der Waals surface area contributed by atoms with Crippen molar-refractivity contribution in [2.24, 2.45) is 11.3 Å². The first-order chi connectivity index (χ1) is 13.4. The molecule has 3 aliphatic heterocycles. The van der Waals surface area contributed by atoms with Gasteiger partial charge in [-0.25, -0.2) is 0 Å². The van der Waals surface area contributed by atoms with Crippen molar-refractivity contribution < 1.29 is 14.6 Å². The molecule has 5 heteroatoms. The summed E-state index contributed by atoms with van der Waals surface area (Å²) >= 11 is 0. The highest BCUT2D eigenvalue weighted by molar-refractivity contribution is 5.97. The molecule has 2 atom stereocenters. The van der Waals surface area contributed by atoms with E-state index in [2.05, 4.69) is 11.8 Å². The van der Waals surface area contributed by atoms with Crippen molar-refractivity contribution >= 4 is 5.91 Å². The second-order valence-electron chi connectivity index (χ2n) is 9.46. The van der Waals surface area contributed by atoms with E-state index in [0.29, 0.717) is 11.7 Å². The number of phenols is 1. The number of piperidine rings is 2. The third-order valence-electron chi connectivity index (χ3n) is 6.98. The molecule has 0 bridgehead atoms. The Morgan fingerprint density at radius 2 is 2.07 bits per heavy atom. The number of nitrogens with zero attached hydrogens (tertiary/aromatic N) is 2. The summed E-state index contributed by atoms with van der Waals surface area (Å²) in [7, 11) is 0. The third-order valence-corrected chi connectivity index (χ3v) is 6.98. The number of phenolic OH excluding ortho intramolecular Hbond substituents is 1. The van der Waals surface area contributed by atoms with Gasteiger partial charge in [-0.1, -0.05) is 18.6 Å². The van der Waals surface area contributed by atoms with Crippen LogP contribution in [-0.4, -0.2) is 66.2 Å². The number of aromatic hydroxyl groups is 1. The van der Waals surface area contributed by atoms with Gasteiger partial charge in [-0.15, -0.1) is 0 Å². The van der Waals surface area contributed by atoms with E-state index in [-0.39, 0.29) is 17.1 Å². The van der Waals surface area contributed by atoms with Crippen LogP contribution in [0.4, 0.5) is 0 Å². The number of likely N-dealkylation sites (tertiary alicyclic amines) is 2. The van der Waals surface area contributed by atoms with Crippen LogP contribution in [0.15, 0.2) is 18.2 Å². The Morgan fingerprint density at radius 1 is 1.29 bits per heavy atom. The summed E-state index contributed by atoms with van der Waals surface area (Å²) in [5.41, 5.74) is 1.65. The predicted octanol–water partition coefficient (Wildman–Crippen LogP) is 3.44. The molecule has 3 saturated heterocycles. The number of hydrogen-bond donors (Lipinski definition) is 1. The van der Waals surface area contributed by atoms with Crippen LogP contribution >= 0.6 is 0 Å². The zero-order valence-electron chi connectivity index (χ0n) is 17.3. The van der Waals surface area contributed by atoms with Crippen molar-refractivity contribution in [3.8, 4) is 5.75 Å². The zero-order chi connectivity index (χ0) is 19.7. The van der Waals surface area contributed by atoms with E-state index in [1.165, 1.54) is 25.9 Å². The Kier molecular flexibility index (Phi) is 5.66. The number of carbonyl (C=O) groups is 1. The van der Waals surface area contributed by atoms with E-state index in [1.807, 2.05) is 17.9 Å². The minimum atomic E-state index is -0.0474. The Bertz CT molecular complexity index is 712. The molecule has 1 spiro atoms. The number of aryl methyl sites for hydroxylation is 1. The van der Waals surface area contributed by atoms with Crippen molar-refractivity contribution in [1.82, 2.24) is 9.80 Å². The Morgan fingerprint density at radius 3 is 2.82 bits per heavy atom. The molecule has 154 valence electrons. The molecular weight excluding hydrogens is 352 g/mol. The first-order valence-corrected chi connectivity index (χ1v) is 10.9. The highest BCUT2D eigenvalue weighted by Crippen LogP contribution is 2.42. The van der Waals surface area contributed by atoms with E-state index in [0.717, 1.165) is 57.0 Å². The summed E-state index contributed by atoms with van der Waals surface area (Å²) in [6.07, 6.45) is 6.12. The first-order valence-electron chi connectivity index (χ1n) is 10.9. The summed E-state index contributed by atoms with van der Waals surface area (Å²) in [5, 5.41) is 10.1. The van der Waals surface area contributed by atoms with Gasteiger partial charge in [0.25, 0.3) is 5.91 Å². The lowest BCUT2D eigenvalue weighted by Gasteiger charge is -2.39. The van der Waals surface area contributed by atoms with Gasteiger partial charge in [0, 0.05) is 26.2 Å². The highest BCUT2D eigenvalue weighted by Gasteiger charge is 2.43. The minimum Gasteiger partial charge on any atom is -0.507 e. The Balaban J connectivity index is 1.31. The topological polar surface area (TPSA) is 53.0 Å². The molecule has 1 aromatic carbocycles. The van der Waals surface area contributed by atoms with Crippen molar-refractivity contribution in [2.75, 3.05) is 39.3 Å². The molecule has 0 unspecified atom stereocenters. The van der Waals surface area contributed by atoms with Gasteiger partial charge in [-0.05, 0) is 69.0 Å². The van der Waals surface area contributed by atoms with Crippen LogP contribution < -0.4 is 0 Å². The van der Waals surface area contributed by atoms with E-state index in [4.69, 9.17) is 4.74 Å². The highest BCUT2D eigenvalue weighted by atomic mass is 16.5. The molecule has 0 radical (unpaired) electrons. The standard InChI is InChI=1S/C23H34N2O3/c1-17-5-6-21(26)20(12-17)22(27)25-10-7-23(8-11-25)13-19(28-16-23)15-24-9-3-4-18(2)14-24/h5-6,12,18-19,26H,3-4,7-11,13-16H2,1-2H3/t18-,19+/m0/s1. The molecule has 28 heavy (non-hydrogen) atoms. The normalized spacial score (nSPS) is 28.0. The molecule has 3 aliphatic rings. The fourth-order valence-electron chi connectivity index (χ4n) is 5.28. The lowest BCUT2D eigenvalue weighted by Crippen LogP contribution is -2.44. The van der Waals surface area contributed by atoms with Crippen LogP contribution in [0.5, 0.6) is 5.75 Å². The molecule has 3 fully saturated rings. The molecule has 1 aromatic rings. The quantitative estimate of drug-likeness (QED) is 0.865. The lowest BCUT2D eigenvalue weighted by atomic mass is 9.76. The van der Waals surface area contributed by atoms with Gasteiger partial charge >= 0.3 is 0 Å². The summed E-state index contributed by atoms with van der Waals surface area (Å²) in [5.74, 6) is 0.834. The monoisotopic (exact) mass is 386 g/mol. The second kappa shape index (κ2) is 8.03. The molecule has 5 nitrogen and oxygen atoms in total. The maximum Gasteiger partial charge on any atom is 0.257 e. The average molecular weight is 387 g/mol. The predicted molar refractivity (Wildman–Crippen MR) is 110 cm³/mol. The smallest absolute Gasteiger partial charge is 0.257 e. The molecule has 0 aliphatic carbocycles. The maximum absolute atomic E-state index is 12.9. The Labute approximate surface area is 168 Å². The van der Waals surface area contributed by atoms with Crippen LogP contribution in [0.3, 0.4) is 0 Å². The van der Waals surface area contributed by atoms with Crippen LogP contribution in [0.2, 0.25) is 0 Å². The summed E-state index contributed by atoms with van der Waals surface area (Å²) in [6, 6.07) is 5.23. The van der Waals surface area contributed by atoms with Crippen LogP contribution in [0.1, 0.15) is 54.9 Å². The van der Waals surface area contributed by atoms with Gasteiger partial charge in [-0.3, -0.25) is 4.79 Å².